The Balaban J connectivity index is 1.94. The number of thiophene rings is 1. The van der Waals surface area contributed by atoms with E-state index in [0.29, 0.717) is 24.4 Å². The average molecular weight is 304 g/mol. The van der Waals surface area contributed by atoms with Gasteiger partial charge in [-0.25, -0.2) is 4.98 Å². The standard InChI is InChI=1S/C15H16N2O3S/c1-8-3-5-16-13-11(8)9(2)12(21-13)14(18)17-6-4-10(7-17)15(19)20/h3,5,10H,4,6-7H2,1-2H3,(H,19,20). The van der Waals surface area contributed by atoms with Gasteiger partial charge in [0.2, 0.25) is 0 Å². The third kappa shape index (κ3) is 2.29. The van der Waals surface area contributed by atoms with Crippen molar-refractivity contribution < 1.29 is 14.7 Å². The SMILES string of the molecule is Cc1ccnc2sc(C(=O)N3CCC(C(=O)O)C3)c(C)c12. The Morgan fingerprint density at radius 2 is 2.19 bits per heavy atom. The molecule has 2 aromatic heterocycles. The van der Waals surface area contributed by atoms with Gasteiger partial charge in [-0.15, -0.1) is 11.3 Å². The van der Waals surface area contributed by atoms with Crippen LogP contribution in [-0.2, 0) is 4.79 Å². The molecule has 1 aliphatic rings. The number of carboxylic acid groups (broad SMARTS) is 1. The van der Waals surface area contributed by atoms with Gasteiger partial charge in [-0.2, -0.15) is 0 Å². The van der Waals surface area contributed by atoms with E-state index in [4.69, 9.17) is 5.11 Å². The number of aryl methyl sites for hydroxylation is 2. The molecular weight excluding hydrogens is 288 g/mol. The first-order valence-corrected chi connectivity index (χ1v) is 7.67. The Labute approximate surface area is 126 Å². The molecule has 0 aliphatic carbocycles. The first kappa shape index (κ1) is 14.0. The van der Waals surface area contributed by atoms with Crippen LogP contribution in [0.4, 0.5) is 0 Å². The number of fused-ring (bicyclic) bond motifs is 1. The predicted octanol–water partition coefficient (Wildman–Crippen LogP) is 2.46. The van der Waals surface area contributed by atoms with E-state index >= 15 is 0 Å². The number of aromatic nitrogens is 1. The number of pyridine rings is 1. The summed E-state index contributed by atoms with van der Waals surface area (Å²) in [6.45, 7) is 4.75. The maximum absolute atomic E-state index is 12.6. The number of rotatable bonds is 2. The minimum Gasteiger partial charge on any atom is -0.481 e. The molecular formula is C15H16N2O3S. The lowest BCUT2D eigenvalue weighted by molar-refractivity contribution is -0.141. The third-order valence-electron chi connectivity index (χ3n) is 4.06. The largest absolute Gasteiger partial charge is 0.481 e. The Morgan fingerprint density at radius 1 is 1.43 bits per heavy atom. The van der Waals surface area contributed by atoms with Crippen molar-refractivity contribution in [3.8, 4) is 0 Å². The van der Waals surface area contributed by atoms with E-state index in [1.807, 2.05) is 19.9 Å². The second-order valence-electron chi connectivity index (χ2n) is 5.44. The second-order valence-corrected chi connectivity index (χ2v) is 6.44. The molecule has 0 aromatic carbocycles. The van der Waals surface area contributed by atoms with E-state index in [2.05, 4.69) is 4.98 Å². The summed E-state index contributed by atoms with van der Waals surface area (Å²) in [5.41, 5.74) is 2.06. The molecule has 3 rings (SSSR count). The lowest BCUT2D eigenvalue weighted by Crippen LogP contribution is -2.29. The minimum absolute atomic E-state index is 0.0707. The molecule has 0 saturated carbocycles. The zero-order valence-corrected chi connectivity index (χ0v) is 12.7. The van der Waals surface area contributed by atoms with Gasteiger partial charge in [-0.3, -0.25) is 9.59 Å². The number of nitrogens with zero attached hydrogens (tertiary/aromatic N) is 2. The second kappa shape index (κ2) is 5.11. The van der Waals surface area contributed by atoms with Crippen LogP contribution in [0, 0.1) is 19.8 Å². The quantitative estimate of drug-likeness (QED) is 0.925. The summed E-state index contributed by atoms with van der Waals surface area (Å²) >= 11 is 1.39. The highest BCUT2D eigenvalue weighted by atomic mass is 32.1. The first-order chi connectivity index (χ1) is 9.99. The fourth-order valence-electron chi connectivity index (χ4n) is 2.85. The smallest absolute Gasteiger partial charge is 0.308 e. The Hall–Kier alpha value is -1.95. The van der Waals surface area contributed by atoms with Crippen LogP contribution in [0.5, 0.6) is 0 Å². The van der Waals surface area contributed by atoms with Crippen LogP contribution in [0.1, 0.15) is 27.2 Å². The third-order valence-corrected chi connectivity index (χ3v) is 5.25. The van der Waals surface area contributed by atoms with Crippen molar-refractivity contribution >= 4 is 33.4 Å². The topological polar surface area (TPSA) is 70.5 Å². The molecule has 1 aliphatic heterocycles. The van der Waals surface area contributed by atoms with Crippen molar-refractivity contribution in [2.75, 3.05) is 13.1 Å². The fourth-order valence-corrected chi connectivity index (χ4v) is 4.04. The maximum Gasteiger partial charge on any atom is 0.308 e. The van der Waals surface area contributed by atoms with Crippen molar-refractivity contribution in [2.24, 2.45) is 5.92 Å². The van der Waals surface area contributed by atoms with Crippen molar-refractivity contribution in [3.63, 3.8) is 0 Å². The van der Waals surface area contributed by atoms with Gasteiger partial charge in [0.15, 0.2) is 0 Å². The van der Waals surface area contributed by atoms with Crippen LogP contribution >= 0.6 is 11.3 Å². The van der Waals surface area contributed by atoms with E-state index in [0.717, 1.165) is 21.3 Å². The van der Waals surface area contributed by atoms with Crippen molar-refractivity contribution in [2.45, 2.75) is 20.3 Å². The van der Waals surface area contributed by atoms with Crippen LogP contribution in [-0.4, -0.2) is 40.0 Å². The molecule has 1 fully saturated rings. The van der Waals surface area contributed by atoms with Crippen molar-refractivity contribution in [3.05, 3.63) is 28.3 Å². The lowest BCUT2D eigenvalue weighted by Gasteiger charge is -2.15. The number of hydrogen-bond donors (Lipinski definition) is 1. The number of carbonyl (C=O) groups excluding carboxylic acids is 1. The van der Waals surface area contributed by atoms with Gasteiger partial charge in [-0.1, -0.05) is 0 Å². The molecule has 0 bridgehead atoms. The molecule has 1 saturated heterocycles. The summed E-state index contributed by atoms with van der Waals surface area (Å²) in [5.74, 6) is -1.34. The van der Waals surface area contributed by atoms with E-state index in [-0.39, 0.29) is 5.91 Å². The van der Waals surface area contributed by atoms with E-state index in [9.17, 15) is 9.59 Å². The molecule has 6 heteroatoms. The number of likely N-dealkylation sites (tertiary alicyclic amines) is 1. The van der Waals surface area contributed by atoms with E-state index in [1.54, 1.807) is 11.1 Å². The number of carboxylic acids is 1. The van der Waals surface area contributed by atoms with Gasteiger partial charge < -0.3 is 10.0 Å². The molecule has 5 nitrogen and oxygen atoms in total. The summed E-state index contributed by atoms with van der Waals surface area (Å²) in [7, 11) is 0. The Morgan fingerprint density at radius 3 is 2.81 bits per heavy atom. The molecule has 0 radical (unpaired) electrons. The van der Waals surface area contributed by atoms with E-state index in [1.165, 1.54) is 11.3 Å². The first-order valence-electron chi connectivity index (χ1n) is 6.86. The number of carbonyl (C=O) groups is 2. The molecule has 1 atom stereocenters. The van der Waals surface area contributed by atoms with Gasteiger partial charge in [-0.05, 0) is 37.5 Å². The summed E-state index contributed by atoms with van der Waals surface area (Å²) < 4.78 is 0. The summed E-state index contributed by atoms with van der Waals surface area (Å²) in [6, 6.07) is 1.94. The van der Waals surface area contributed by atoms with Gasteiger partial charge >= 0.3 is 5.97 Å². The molecule has 3 heterocycles. The maximum atomic E-state index is 12.6. The minimum atomic E-state index is -0.823. The summed E-state index contributed by atoms with van der Waals surface area (Å²) in [5, 5.41) is 10.1. The molecule has 21 heavy (non-hydrogen) atoms. The predicted molar refractivity (Wildman–Crippen MR) is 80.7 cm³/mol. The molecule has 1 N–H and O–H groups in total. The molecule has 0 spiro atoms. The van der Waals surface area contributed by atoms with Crippen LogP contribution in [0.15, 0.2) is 12.3 Å². The normalized spacial score (nSPS) is 18.4. The highest BCUT2D eigenvalue weighted by Crippen LogP contribution is 2.33. The zero-order valence-electron chi connectivity index (χ0n) is 11.9. The monoisotopic (exact) mass is 304 g/mol. The summed E-state index contributed by atoms with van der Waals surface area (Å²) in [4.78, 5) is 31.2. The number of amides is 1. The van der Waals surface area contributed by atoms with Crippen molar-refractivity contribution in [1.29, 1.82) is 0 Å². The molecule has 1 unspecified atom stereocenters. The van der Waals surface area contributed by atoms with Gasteiger partial charge in [0, 0.05) is 24.7 Å². The van der Waals surface area contributed by atoms with E-state index < -0.39 is 11.9 Å². The molecule has 1 amide bonds. The Kier molecular flexibility index (Phi) is 3.41. The number of aliphatic carboxylic acids is 1. The van der Waals surface area contributed by atoms with Crippen LogP contribution < -0.4 is 0 Å². The molecule has 2 aromatic rings. The van der Waals surface area contributed by atoms with Crippen molar-refractivity contribution in [1.82, 2.24) is 9.88 Å². The molecule has 110 valence electrons. The van der Waals surface area contributed by atoms with Crippen LogP contribution in [0.3, 0.4) is 0 Å². The highest BCUT2D eigenvalue weighted by molar-refractivity contribution is 7.20. The van der Waals surface area contributed by atoms with Crippen LogP contribution in [0.25, 0.3) is 10.2 Å². The Bertz CT molecular complexity index is 738. The lowest BCUT2D eigenvalue weighted by atomic mass is 10.1. The zero-order chi connectivity index (χ0) is 15.1. The van der Waals surface area contributed by atoms with Gasteiger partial charge in [0.1, 0.15) is 4.83 Å². The van der Waals surface area contributed by atoms with Crippen LogP contribution in [0.2, 0.25) is 0 Å². The number of hydrogen-bond acceptors (Lipinski definition) is 4. The highest BCUT2D eigenvalue weighted by Gasteiger charge is 2.32. The summed E-state index contributed by atoms with van der Waals surface area (Å²) in [6.07, 6.45) is 2.28. The van der Waals surface area contributed by atoms with Gasteiger partial charge in [0.05, 0.1) is 10.8 Å². The fraction of sp³-hybridized carbons (Fsp3) is 0.400. The van der Waals surface area contributed by atoms with Gasteiger partial charge in [0.25, 0.3) is 5.91 Å². The average Bonchev–Trinajstić information content (AvgIpc) is 3.04.